The van der Waals surface area contributed by atoms with Gasteiger partial charge in [0.05, 0.1) is 5.69 Å². The Hall–Kier alpha value is -2.05. The van der Waals surface area contributed by atoms with Crippen molar-refractivity contribution in [1.29, 1.82) is 0 Å². The highest BCUT2D eigenvalue weighted by Gasteiger charge is 2.24. The van der Waals surface area contributed by atoms with Crippen molar-refractivity contribution in [1.82, 2.24) is 5.32 Å². The quantitative estimate of drug-likeness (QED) is 0.904. The first kappa shape index (κ1) is 14.9. The Kier molecular flexibility index (Phi) is 4.04. The van der Waals surface area contributed by atoms with Gasteiger partial charge in [0.1, 0.15) is 4.90 Å². The number of sulfonamides is 1. The van der Waals surface area contributed by atoms with E-state index >= 15 is 0 Å². The summed E-state index contributed by atoms with van der Waals surface area (Å²) in [6, 6.07) is 14.5. The molecule has 5 nitrogen and oxygen atoms in total. The summed E-state index contributed by atoms with van der Waals surface area (Å²) in [5.74, 6) is 0.214. The van der Waals surface area contributed by atoms with E-state index in [1.807, 2.05) is 30.3 Å². The molecule has 0 radical (unpaired) electrons. The van der Waals surface area contributed by atoms with Crippen LogP contribution in [0.3, 0.4) is 0 Å². The minimum atomic E-state index is -3.70. The van der Waals surface area contributed by atoms with Gasteiger partial charge in [-0.05, 0) is 30.2 Å². The number of nitrogens with one attached hydrogen (secondary N) is 2. The van der Waals surface area contributed by atoms with Gasteiger partial charge in [0.25, 0.3) is 10.0 Å². The summed E-state index contributed by atoms with van der Waals surface area (Å²) in [6.45, 7) is 0.571. The summed E-state index contributed by atoms with van der Waals surface area (Å²) in [7, 11) is -3.70. The smallest absolute Gasteiger partial charge is 0.287 e. The van der Waals surface area contributed by atoms with Crippen LogP contribution in [0.1, 0.15) is 5.56 Å². The molecule has 22 heavy (non-hydrogen) atoms. The lowest BCUT2D eigenvalue weighted by atomic mass is 10.1. The highest BCUT2D eigenvalue weighted by atomic mass is 35.5. The van der Waals surface area contributed by atoms with Crippen molar-refractivity contribution in [2.75, 3.05) is 11.9 Å². The second kappa shape index (κ2) is 5.98. The Morgan fingerprint density at radius 3 is 2.68 bits per heavy atom. The van der Waals surface area contributed by atoms with Crippen LogP contribution in [0, 0.1) is 0 Å². The molecule has 0 fully saturated rings. The summed E-state index contributed by atoms with van der Waals surface area (Å²) in [5.41, 5.74) is 1.60. The van der Waals surface area contributed by atoms with E-state index in [0.29, 0.717) is 17.3 Å². The van der Waals surface area contributed by atoms with Crippen molar-refractivity contribution in [3.8, 4) is 0 Å². The molecule has 114 valence electrons. The first-order valence-corrected chi connectivity index (χ1v) is 8.56. The van der Waals surface area contributed by atoms with Gasteiger partial charge in [0.15, 0.2) is 0 Å². The van der Waals surface area contributed by atoms with Crippen LogP contribution >= 0.6 is 11.6 Å². The Labute approximate surface area is 134 Å². The largest absolute Gasteiger partial charge is 0.355 e. The van der Waals surface area contributed by atoms with Crippen LogP contribution in [0.4, 0.5) is 5.69 Å². The number of benzene rings is 2. The van der Waals surface area contributed by atoms with Crippen LogP contribution in [0.15, 0.2) is 57.8 Å². The molecule has 0 unspecified atom stereocenters. The third-order valence-electron chi connectivity index (χ3n) is 3.23. The van der Waals surface area contributed by atoms with Gasteiger partial charge in [0.2, 0.25) is 5.96 Å². The molecule has 0 aliphatic carbocycles. The average Bonchev–Trinajstić information content (AvgIpc) is 2.47. The molecule has 0 aromatic heterocycles. The third kappa shape index (κ3) is 3.23. The molecular formula is C15H14ClN3O2S. The Bertz CT molecular complexity index is 820. The zero-order chi connectivity index (χ0) is 15.6. The van der Waals surface area contributed by atoms with Crippen molar-refractivity contribution in [3.63, 3.8) is 0 Å². The van der Waals surface area contributed by atoms with Crippen molar-refractivity contribution >= 4 is 33.3 Å². The van der Waals surface area contributed by atoms with Gasteiger partial charge in [-0.3, -0.25) is 0 Å². The zero-order valence-corrected chi connectivity index (χ0v) is 13.2. The lowest BCUT2D eigenvalue weighted by molar-refractivity contribution is 0.597. The van der Waals surface area contributed by atoms with E-state index in [4.69, 9.17) is 11.6 Å². The summed E-state index contributed by atoms with van der Waals surface area (Å²) in [6.07, 6.45) is 0.768. The fourth-order valence-corrected chi connectivity index (χ4v) is 3.44. The van der Waals surface area contributed by atoms with Gasteiger partial charge in [-0.1, -0.05) is 41.9 Å². The van der Waals surface area contributed by atoms with Crippen molar-refractivity contribution in [3.05, 3.63) is 59.1 Å². The number of nitrogens with zero attached hydrogens (tertiary/aromatic N) is 1. The van der Waals surface area contributed by atoms with Gasteiger partial charge in [0, 0.05) is 11.6 Å². The highest BCUT2D eigenvalue weighted by molar-refractivity contribution is 7.90. The molecule has 1 heterocycles. The van der Waals surface area contributed by atoms with Crippen LogP contribution in [0.5, 0.6) is 0 Å². The maximum atomic E-state index is 12.1. The van der Waals surface area contributed by atoms with E-state index in [1.165, 1.54) is 12.1 Å². The van der Waals surface area contributed by atoms with Crippen molar-refractivity contribution in [2.45, 2.75) is 11.3 Å². The first-order valence-electron chi connectivity index (χ1n) is 6.74. The summed E-state index contributed by atoms with van der Waals surface area (Å²) in [4.78, 5) is 0.130. The fourth-order valence-electron chi connectivity index (χ4n) is 2.19. The lowest BCUT2D eigenvalue weighted by Crippen LogP contribution is -2.35. The molecular weight excluding hydrogens is 322 g/mol. The van der Waals surface area contributed by atoms with Crippen LogP contribution in [0.2, 0.25) is 5.02 Å². The molecule has 0 saturated heterocycles. The molecule has 1 aliphatic heterocycles. The number of guanidine groups is 1. The average molecular weight is 336 g/mol. The Morgan fingerprint density at radius 1 is 1.14 bits per heavy atom. The number of hydrogen-bond donors (Lipinski definition) is 2. The van der Waals surface area contributed by atoms with Crippen LogP contribution in [-0.2, 0) is 16.4 Å². The predicted octanol–water partition coefficient (Wildman–Crippen LogP) is 2.64. The SMILES string of the molecule is O=S1(=O)N=C(NCCc2ccccc2)Nc2cc(Cl)ccc21. The van der Waals surface area contributed by atoms with Gasteiger partial charge < -0.3 is 10.6 Å². The minimum Gasteiger partial charge on any atom is -0.355 e. The molecule has 2 aromatic carbocycles. The zero-order valence-electron chi connectivity index (χ0n) is 11.6. The lowest BCUT2D eigenvalue weighted by Gasteiger charge is -2.19. The normalized spacial score (nSPS) is 15.4. The van der Waals surface area contributed by atoms with Gasteiger partial charge in [-0.2, -0.15) is 8.42 Å². The van der Waals surface area contributed by atoms with Crippen LogP contribution in [-0.4, -0.2) is 20.9 Å². The van der Waals surface area contributed by atoms with Crippen LogP contribution in [0.25, 0.3) is 0 Å². The van der Waals surface area contributed by atoms with Gasteiger partial charge in [-0.15, -0.1) is 4.40 Å². The molecule has 3 rings (SSSR count). The van der Waals surface area contributed by atoms with Crippen molar-refractivity contribution in [2.24, 2.45) is 4.40 Å². The summed E-state index contributed by atoms with van der Waals surface area (Å²) >= 11 is 5.91. The van der Waals surface area contributed by atoms with E-state index in [-0.39, 0.29) is 10.9 Å². The van der Waals surface area contributed by atoms with E-state index < -0.39 is 10.0 Å². The monoisotopic (exact) mass is 335 g/mol. The number of fused-ring (bicyclic) bond motifs is 1. The topological polar surface area (TPSA) is 70.6 Å². The highest BCUT2D eigenvalue weighted by Crippen LogP contribution is 2.29. The standard InChI is InChI=1S/C15H14ClN3O2S/c16-12-6-7-14-13(10-12)18-15(19-22(14,20)21)17-9-8-11-4-2-1-3-5-11/h1-7,10H,8-9H2,(H2,17,18,19). The summed E-state index contributed by atoms with van der Waals surface area (Å²) in [5, 5.41) is 6.42. The molecule has 0 amide bonds. The number of halogens is 1. The molecule has 2 N–H and O–H groups in total. The maximum Gasteiger partial charge on any atom is 0.287 e. The van der Waals surface area contributed by atoms with E-state index in [9.17, 15) is 8.42 Å². The molecule has 0 saturated carbocycles. The van der Waals surface area contributed by atoms with E-state index in [1.54, 1.807) is 6.07 Å². The van der Waals surface area contributed by atoms with Crippen molar-refractivity contribution < 1.29 is 8.42 Å². The first-order chi connectivity index (χ1) is 10.5. The Balaban J connectivity index is 1.72. The molecule has 7 heteroatoms. The second-order valence-electron chi connectivity index (χ2n) is 4.84. The summed E-state index contributed by atoms with van der Waals surface area (Å²) < 4.78 is 28.0. The fraction of sp³-hybridized carbons (Fsp3) is 0.133. The second-order valence-corrected chi connectivity index (χ2v) is 6.85. The van der Waals surface area contributed by atoms with Gasteiger partial charge >= 0.3 is 0 Å². The van der Waals surface area contributed by atoms with Crippen LogP contribution < -0.4 is 10.6 Å². The molecule has 0 spiro atoms. The predicted molar refractivity (Wildman–Crippen MR) is 87.8 cm³/mol. The Morgan fingerprint density at radius 2 is 1.91 bits per heavy atom. The van der Waals surface area contributed by atoms with E-state index in [0.717, 1.165) is 12.0 Å². The molecule has 0 bridgehead atoms. The molecule has 0 atom stereocenters. The molecule has 1 aliphatic rings. The third-order valence-corrected chi connectivity index (χ3v) is 4.80. The number of rotatable bonds is 3. The number of hydrogen-bond acceptors (Lipinski definition) is 4. The van der Waals surface area contributed by atoms with E-state index in [2.05, 4.69) is 15.0 Å². The molecule has 2 aromatic rings. The minimum absolute atomic E-state index is 0.130. The van der Waals surface area contributed by atoms with Gasteiger partial charge in [-0.25, -0.2) is 0 Å². The maximum absolute atomic E-state index is 12.1. The number of anilines is 1.